The van der Waals surface area contributed by atoms with Crippen molar-refractivity contribution in [2.75, 3.05) is 39.3 Å². The first kappa shape index (κ1) is 19.8. The Kier molecular flexibility index (Phi) is 6.47. The van der Waals surface area contributed by atoms with Crippen LogP contribution < -0.4 is 0 Å². The van der Waals surface area contributed by atoms with Gasteiger partial charge in [0.2, 0.25) is 11.8 Å². The Labute approximate surface area is 161 Å². The van der Waals surface area contributed by atoms with Gasteiger partial charge in [-0.1, -0.05) is 12.1 Å². The van der Waals surface area contributed by atoms with E-state index in [4.69, 9.17) is 0 Å². The molecule has 148 valence electrons. The fraction of sp³-hybridized carbons (Fsp3) is 0.619. The fourth-order valence-electron chi connectivity index (χ4n) is 4.01. The first-order valence-electron chi connectivity index (χ1n) is 9.99. The lowest BCUT2D eigenvalue weighted by molar-refractivity contribution is -0.142. The van der Waals surface area contributed by atoms with Crippen molar-refractivity contribution in [1.82, 2.24) is 14.7 Å². The summed E-state index contributed by atoms with van der Waals surface area (Å²) in [5.74, 6) is -0.185. The zero-order valence-corrected chi connectivity index (χ0v) is 16.4. The summed E-state index contributed by atoms with van der Waals surface area (Å²) in [6.45, 7) is 8.96. The molecule has 6 heteroatoms. The molecule has 2 fully saturated rings. The Morgan fingerprint density at radius 2 is 1.70 bits per heavy atom. The third kappa shape index (κ3) is 5.06. The number of carbonyl (C=O) groups is 2. The van der Waals surface area contributed by atoms with Crippen LogP contribution in [0.15, 0.2) is 24.3 Å². The van der Waals surface area contributed by atoms with E-state index < -0.39 is 0 Å². The quantitative estimate of drug-likeness (QED) is 0.810. The topological polar surface area (TPSA) is 43.9 Å². The summed E-state index contributed by atoms with van der Waals surface area (Å²) < 4.78 is 13.0. The predicted octanol–water partition coefficient (Wildman–Crippen LogP) is 2.16. The van der Waals surface area contributed by atoms with Crippen LogP contribution in [0.5, 0.6) is 0 Å². The van der Waals surface area contributed by atoms with E-state index in [1.54, 1.807) is 17.0 Å². The van der Waals surface area contributed by atoms with E-state index in [1.165, 1.54) is 12.1 Å². The fourth-order valence-corrected chi connectivity index (χ4v) is 4.01. The Bertz CT molecular complexity index is 654. The molecular weight excluding hydrogens is 345 g/mol. The number of likely N-dealkylation sites (tertiary alicyclic amines) is 1. The number of carbonyl (C=O) groups excluding carboxylic acids is 2. The van der Waals surface area contributed by atoms with E-state index in [9.17, 15) is 14.0 Å². The van der Waals surface area contributed by atoms with Crippen LogP contribution in [-0.2, 0) is 16.0 Å². The number of hydrogen-bond acceptors (Lipinski definition) is 3. The van der Waals surface area contributed by atoms with Gasteiger partial charge in [-0.15, -0.1) is 0 Å². The van der Waals surface area contributed by atoms with Gasteiger partial charge in [0.05, 0.1) is 12.3 Å². The number of piperazine rings is 1. The van der Waals surface area contributed by atoms with Gasteiger partial charge in [0.1, 0.15) is 5.82 Å². The minimum atomic E-state index is -0.299. The molecule has 0 aliphatic carbocycles. The highest BCUT2D eigenvalue weighted by Crippen LogP contribution is 2.21. The van der Waals surface area contributed by atoms with E-state index in [0.717, 1.165) is 44.6 Å². The highest BCUT2D eigenvalue weighted by Gasteiger charge is 2.32. The highest BCUT2D eigenvalue weighted by molar-refractivity contribution is 5.82. The SMILES string of the molecule is CC(C)N1CCN(C(=O)C2CCCN(C(=O)Cc3ccc(F)cc3)C2)CC1. The standard InChI is InChI=1S/C21H30FN3O2/c1-16(2)23-10-12-24(13-11-23)21(27)18-4-3-9-25(15-18)20(26)14-17-5-7-19(22)8-6-17/h5-8,16,18H,3-4,9-15H2,1-2H3. The summed E-state index contributed by atoms with van der Waals surface area (Å²) in [5.41, 5.74) is 0.805. The molecular formula is C21H30FN3O2. The molecule has 2 aliphatic rings. The molecule has 2 aliphatic heterocycles. The van der Waals surface area contributed by atoms with Crippen LogP contribution in [-0.4, -0.2) is 71.8 Å². The molecule has 0 bridgehead atoms. The zero-order chi connectivity index (χ0) is 19.4. The van der Waals surface area contributed by atoms with Crippen LogP contribution in [0.3, 0.4) is 0 Å². The molecule has 2 saturated heterocycles. The number of piperidine rings is 1. The van der Waals surface area contributed by atoms with Crippen LogP contribution in [0, 0.1) is 11.7 Å². The monoisotopic (exact) mass is 375 g/mol. The van der Waals surface area contributed by atoms with Crippen molar-refractivity contribution in [3.8, 4) is 0 Å². The second-order valence-electron chi connectivity index (χ2n) is 7.94. The summed E-state index contributed by atoms with van der Waals surface area (Å²) in [5, 5.41) is 0. The first-order valence-corrected chi connectivity index (χ1v) is 9.99. The lowest BCUT2D eigenvalue weighted by atomic mass is 9.95. The van der Waals surface area contributed by atoms with E-state index >= 15 is 0 Å². The Morgan fingerprint density at radius 1 is 1.04 bits per heavy atom. The lowest BCUT2D eigenvalue weighted by Crippen LogP contribution is -2.54. The molecule has 0 saturated carbocycles. The Hall–Kier alpha value is -1.95. The predicted molar refractivity (Wildman–Crippen MR) is 103 cm³/mol. The molecule has 3 rings (SSSR count). The second-order valence-corrected chi connectivity index (χ2v) is 7.94. The van der Waals surface area contributed by atoms with Gasteiger partial charge >= 0.3 is 0 Å². The van der Waals surface area contributed by atoms with E-state index in [0.29, 0.717) is 19.1 Å². The Morgan fingerprint density at radius 3 is 2.33 bits per heavy atom. The lowest BCUT2D eigenvalue weighted by Gasteiger charge is -2.40. The van der Waals surface area contributed by atoms with Gasteiger partial charge in [0, 0.05) is 45.3 Å². The van der Waals surface area contributed by atoms with Crippen molar-refractivity contribution in [3.63, 3.8) is 0 Å². The van der Waals surface area contributed by atoms with Crippen molar-refractivity contribution in [3.05, 3.63) is 35.6 Å². The smallest absolute Gasteiger partial charge is 0.227 e. The van der Waals surface area contributed by atoms with Gasteiger partial charge < -0.3 is 9.80 Å². The van der Waals surface area contributed by atoms with Gasteiger partial charge in [0.15, 0.2) is 0 Å². The summed E-state index contributed by atoms with van der Waals surface area (Å²) in [6.07, 6.45) is 1.97. The molecule has 2 amide bonds. The summed E-state index contributed by atoms with van der Waals surface area (Å²) in [4.78, 5) is 31.7. The summed E-state index contributed by atoms with van der Waals surface area (Å²) in [6, 6.07) is 6.56. The molecule has 27 heavy (non-hydrogen) atoms. The molecule has 5 nitrogen and oxygen atoms in total. The van der Waals surface area contributed by atoms with Gasteiger partial charge in [-0.05, 0) is 44.4 Å². The van der Waals surface area contributed by atoms with Crippen LogP contribution in [0.1, 0.15) is 32.3 Å². The molecule has 0 aromatic heterocycles. The zero-order valence-electron chi connectivity index (χ0n) is 16.4. The molecule has 0 radical (unpaired) electrons. The van der Waals surface area contributed by atoms with Gasteiger partial charge in [-0.3, -0.25) is 14.5 Å². The maximum atomic E-state index is 13.0. The van der Waals surface area contributed by atoms with Gasteiger partial charge in [-0.25, -0.2) is 4.39 Å². The average molecular weight is 375 g/mol. The number of amides is 2. The second kappa shape index (κ2) is 8.83. The first-order chi connectivity index (χ1) is 12.9. The van der Waals surface area contributed by atoms with Gasteiger partial charge in [-0.2, -0.15) is 0 Å². The van der Waals surface area contributed by atoms with Crippen molar-refractivity contribution >= 4 is 11.8 Å². The summed E-state index contributed by atoms with van der Waals surface area (Å²) in [7, 11) is 0. The van der Waals surface area contributed by atoms with Crippen LogP contribution in [0.25, 0.3) is 0 Å². The molecule has 0 N–H and O–H groups in total. The third-order valence-corrected chi connectivity index (χ3v) is 5.75. The normalized spacial score (nSPS) is 21.6. The molecule has 2 heterocycles. The summed E-state index contributed by atoms with van der Waals surface area (Å²) >= 11 is 0. The van der Waals surface area contributed by atoms with Crippen molar-refractivity contribution in [2.24, 2.45) is 5.92 Å². The van der Waals surface area contributed by atoms with Crippen LogP contribution in [0.2, 0.25) is 0 Å². The van der Waals surface area contributed by atoms with E-state index in [1.807, 2.05) is 4.90 Å². The maximum Gasteiger partial charge on any atom is 0.227 e. The Balaban J connectivity index is 1.53. The van der Waals surface area contributed by atoms with Crippen molar-refractivity contribution in [1.29, 1.82) is 0 Å². The minimum Gasteiger partial charge on any atom is -0.342 e. The molecule has 0 spiro atoms. The minimum absolute atomic E-state index is 0.0173. The van der Waals surface area contributed by atoms with Crippen molar-refractivity contribution < 1.29 is 14.0 Å². The van der Waals surface area contributed by atoms with E-state index in [-0.39, 0.29) is 30.0 Å². The molecule has 1 unspecified atom stereocenters. The van der Waals surface area contributed by atoms with Crippen molar-refractivity contribution in [2.45, 2.75) is 39.2 Å². The van der Waals surface area contributed by atoms with E-state index in [2.05, 4.69) is 18.7 Å². The van der Waals surface area contributed by atoms with Gasteiger partial charge in [0.25, 0.3) is 0 Å². The van der Waals surface area contributed by atoms with Crippen LogP contribution in [0.4, 0.5) is 4.39 Å². The molecule has 1 aromatic carbocycles. The number of benzene rings is 1. The average Bonchev–Trinajstić information content (AvgIpc) is 2.69. The molecule has 1 aromatic rings. The number of halogens is 1. The number of nitrogens with zero attached hydrogens (tertiary/aromatic N) is 3. The largest absolute Gasteiger partial charge is 0.342 e. The number of rotatable bonds is 4. The third-order valence-electron chi connectivity index (χ3n) is 5.75. The molecule has 1 atom stereocenters. The number of hydrogen-bond donors (Lipinski definition) is 0. The highest BCUT2D eigenvalue weighted by atomic mass is 19.1. The maximum absolute atomic E-state index is 13.0. The van der Waals surface area contributed by atoms with Crippen LogP contribution >= 0.6 is 0 Å².